The van der Waals surface area contributed by atoms with Gasteiger partial charge in [0, 0.05) is 11.8 Å². The number of methoxy groups -OCH3 is 1. The van der Waals surface area contributed by atoms with Crippen LogP contribution in [-0.2, 0) is 17.6 Å². The van der Waals surface area contributed by atoms with Crippen LogP contribution in [0.15, 0.2) is 24.3 Å². The van der Waals surface area contributed by atoms with Gasteiger partial charge in [0.15, 0.2) is 5.82 Å². The largest absolute Gasteiger partial charge is 0.496 e. The fraction of sp³-hybridized carbons (Fsp3) is 0.333. The zero-order valence-electron chi connectivity index (χ0n) is 12.0. The summed E-state index contributed by atoms with van der Waals surface area (Å²) in [7, 11) is 1.63. The molecule has 5 heteroatoms. The number of H-pyrrole nitrogens is 1. The van der Waals surface area contributed by atoms with Crippen LogP contribution >= 0.6 is 0 Å². The Labute approximate surface area is 118 Å². The van der Waals surface area contributed by atoms with E-state index in [0.717, 1.165) is 29.0 Å². The molecule has 0 bridgehead atoms. The normalized spacial score (nSPS) is 10.3. The van der Waals surface area contributed by atoms with Gasteiger partial charge in [0.25, 0.3) is 0 Å². The van der Waals surface area contributed by atoms with Gasteiger partial charge >= 0.3 is 0 Å². The van der Waals surface area contributed by atoms with Crippen molar-refractivity contribution in [2.75, 3.05) is 12.4 Å². The van der Waals surface area contributed by atoms with Crippen LogP contribution in [0.2, 0.25) is 0 Å². The third kappa shape index (κ3) is 3.38. The van der Waals surface area contributed by atoms with Gasteiger partial charge in [-0.25, -0.2) is 0 Å². The Kier molecular flexibility index (Phi) is 4.40. The molecule has 0 saturated carbocycles. The minimum atomic E-state index is -0.0925. The number of benzene rings is 1. The molecular weight excluding hydrogens is 254 g/mol. The maximum absolute atomic E-state index is 12.0. The highest BCUT2D eigenvalue weighted by atomic mass is 16.5. The lowest BCUT2D eigenvalue weighted by molar-refractivity contribution is -0.115. The van der Waals surface area contributed by atoms with Gasteiger partial charge in [-0.3, -0.25) is 9.89 Å². The molecule has 0 fully saturated rings. The number of ether oxygens (including phenoxy) is 1. The van der Waals surface area contributed by atoms with E-state index in [1.54, 1.807) is 7.11 Å². The molecule has 2 aromatic rings. The zero-order chi connectivity index (χ0) is 14.5. The smallest absolute Gasteiger partial charge is 0.229 e. The maximum Gasteiger partial charge on any atom is 0.229 e. The summed E-state index contributed by atoms with van der Waals surface area (Å²) in [6.07, 6.45) is 1.16. The van der Waals surface area contributed by atoms with E-state index in [-0.39, 0.29) is 5.91 Å². The number of rotatable bonds is 5. The number of hydrogen-bond acceptors (Lipinski definition) is 3. The predicted molar refractivity (Wildman–Crippen MR) is 78.0 cm³/mol. The Morgan fingerprint density at radius 2 is 2.20 bits per heavy atom. The van der Waals surface area contributed by atoms with E-state index >= 15 is 0 Å². The Morgan fingerprint density at radius 1 is 1.40 bits per heavy atom. The van der Waals surface area contributed by atoms with Crippen molar-refractivity contribution in [1.29, 1.82) is 0 Å². The topological polar surface area (TPSA) is 67.0 Å². The number of amides is 1. The van der Waals surface area contributed by atoms with Crippen molar-refractivity contribution in [3.63, 3.8) is 0 Å². The predicted octanol–water partition coefficient (Wildman–Crippen LogP) is 2.47. The van der Waals surface area contributed by atoms with E-state index in [0.29, 0.717) is 12.2 Å². The van der Waals surface area contributed by atoms with Crippen molar-refractivity contribution in [2.24, 2.45) is 0 Å². The lowest BCUT2D eigenvalue weighted by Crippen LogP contribution is -2.14. The number of anilines is 1. The fourth-order valence-electron chi connectivity index (χ4n) is 1.95. The number of aromatic nitrogens is 2. The van der Waals surface area contributed by atoms with Crippen LogP contribution in [0.5, 0.6) is 5.75 Å². The minimum Gasteiger partial charge on any atom is -0.496 e. The molecule has 5 nitrogen and oxygen atoms in total. The number of nitrogens with one attached hydrogen (secondary N) is 2. The molecule has 0 radical (unpaired) electrons. The highest BCUT2D eigenvalue weighted by molar-refractivity contribution is 5.91. The average Bonchev–Trinajstić information content (AvgIpc) is 2.88. The van der Waals surface area contributed by atoms with E-state index in [9.17, 15) is 4.79 Å². The lowest BCUT2D eigenvalue weighted by atomic mass is 10.1. The van der Waals surface area contributed by atoms with Gasteiger partial charge in [-0.15, -0.1) is 0 Å². The van der Waals surface area contributed by atoms with E-state index in [4.69, 9.17) is 4.74 Å². The van der Waals surface area contributed by atoms with Crippen LogP contribution in [-0.4, -0.2) is 23.2 Å². The molecule has 0 aliphatic carbocycles. The van der Waals surface area contributed by atoms with Gasteiger partial charge in [0.05, 0.1) is 13.5 Å². The summed E-state index contributed by atoms with van der Waals surface area (Å²) in [5.74, 6) is 1.26. The van der Waals surface area contributed by atoms with Crippen molar-refractivity contribution >= 4 is 11.7 Å². The Balaban J connectivity index is 2.00. The van der Waals surface area contributed by atoms with Crippen molar-refractivity contribution < 1.29 is 9.53 Å². The molecule has 1 aromatic carbocycles. The second-order valence-electron chi connectivity index (χ2n) is 4.66. The third-order valence-corrected chi connectivity index (χ3v) is 3.12. The first-order valence-corrected chi connectivity index (χ1v) is 6.60. The second-order valence-corrected chi connectivity index (χ2v) is 4.66. The standard InChI is InChI=1S/C15H19N3O2/c1-4-12-9-14(18-17-12)16-15(19)8-11-6-5-10(2)13(7-11)20-3/h5-7,9H,4,8H2,1-3H3,(H2,16,17,18,19). The molecule has 0 unspecified atom stereocenters. The number of aryl methyl sites for hydroxylation is 2. The highest BCUT2D eigenvalue weighted by Crippen LogP contribution is 2.19. The first-order chi connectivity index (χ1) is 9.62. The molecule has 1 aromatic heterocycles. The van der Waals surface area contributed by atoms with Gasteiger partial charge in [-0.1, -0.05) is 19.1 Å². The van der Waals surface area contributed by atoms with Crippen molar-refractivity contribution in [3.8, 4) is 5.75 Å². The SMILES string of the molecule is CCc1cc(NC(=O)Cc2ccc(C)c(OC)c2)n[nH]1. The van der Waals surface area contributed by atoms with Crippen LogP contribution in [0.1, 0.15) is 23.7 Å². The monoisotopic (exact) mass is 273 g/mol. The average molecular weight is 273 g/mol. The molecule has 106 valence electrons. The molecular formula is C15H19N3O2. The van der Waals surface area contributed by atoms with E-state index in [1.165, 1.54) is 0 Å². The van der Waals surface area contributed by atoms with Crippen LogP contribution in [0, 0.1) is 6.92 Å². The summed E-state index contributed by atoms with van der Waals surface area (Å²) in [6.45, 7) is 4.00. The molecule has 0 spiro atoms. The quantitative estimate of drug-likeness (QED) is 0.879. The van der Waals surface area contributed by atoms with Crippen molar-refractivity contribution in [1.82, 2.24) is 10.2 Å². The molecule has 0 atom stereocenters. The molecule has 0 aliphatic rings. The Morgan fingerprint density at radius 3 is 2.85 bits per heavy atom. The summed E-state index contributed by atoms with van der Waals surface area (Å²) in [5.41, 5.74) is 2.96. The summed E-state index contributed by atoms with van der Waals surface area (Å²) >= 11 is 0. The summed E-state index contributed by atoms with van der Waals surface area (Å²) in [4.78, 5) is 12.0. The maximum atomic E-state index is 12.0. The number of aromatic amines is 1. The summed E-state index contributed by atoms with van der Waals surface area (Å²) in [6, 6.07) is 7.61. The molecule has 2 rings (SSSR count). The van der Waals surface area contributed by atoms with Crippen molar-refractivity contribution in [2.45, 2.75) is 26.7 Å². The fourth-order valence-corrected chi connectivity index (χ4v) is 1.95. The van der Waals surface area contributed by atoms with E-state index in [2.05, 4.69) is 15.5 Å². The number of hydrogen-bond donors (Lipinski definition) is 2. The summed E-state index contributed by atoms with van der Waals surface area (Å²) < 4.78 is 5.25. The first-order valence-electron chi connectivity index (χ1n) is 6.60. The van der Waals surface area contributed by atoms with Gasteiger partial charge in [0.2, 0.25) is 5.91 Å². The molecule has 1 heterocycles. The third-order valence-electron chi connectivity index (χ3n) is 3.12. The van der Waals surface area contributed by atoms with Gasteiger partial charge in [-0.05, 0) is 30.5 Å². The molecule has 2 N–H and O–H groups in total. The van der Waals surface area contributed by atoms with Crippen LogP contribution in [0.4, 0.5) is 5.82 Å². The van der Waals surface area contributed by atoms with Crippen LogP contribution in [0.25, 0.3) is 0 Å². The van der Waals surface area contributed by atoms with Crippen molar-refractivity contribution in [3.05, 3.63) is 41.1 Å². The van der Waals surface area contributed by atoms with E-state index < -0.39 is 0 Å². The lowest BCUT2D eigenvalue weighted by Gasteiger charge is -2.07. The van der Waals surface area contributed by atoms with Gasteiger partial charge in [0.1, 0.15) is 5.75 Å². The molecule has 1 amide bonds. The van der Waals surface area contributed by atoms with E-state index in [1.807, 2.05) is 38.1 Å². The molecule has 0 aliphatic heterocycles. The van der Waals surface area contributed by atoms with Gasteiger partial charge in [-0.2, -0.15) is 5.10 Å². The molecule has 20 heavy (non-hydrogen) atoms. The van der Waals surface area contributed by atoms with Crippen LogP contribution < -0.4 is 10.1 Å². The van der Waals surface area contributed by atoms with Crippen LogP contribution in [0.3, 0.4) is 0 Å². The summed E-state index contributed by atoms with van der Waals surface area (Å²) in [5, 5.41) is 9.68. The number of carbonyl (C=O) groups excluding carboxylic acids is 1. The molecule has 0 saturated heterocycles. The second kappa shape index (κ2) is 6.23. The minimum absolute atomic E-state index is 0.0925. The first kappa shape index (κ1) is 14.1. The zero-order valence-corrected chi connectivity index (χ0v) is 12.0. The Bertz CT molecular complexity index is 605. The highest BCUT2D eigenvalue weighted by Gasteiger charge is 2.08. The number of nitrogens with zero attached hydrogens (tertiary/aromatic N) is 1. The van der Waals surface area contributed by atoms with Gasteiger partial charge < -0.3 is 10.1 Å². The number of carbonyl (C=O) groups is 1. The Hall–Kier alpha value is -2.30.